The number of carbonyl (C=O) groups is 1. The topological polar surface area (TPSA) is 17.1 Å². The second kappa shape index (κ2) is 4.30. The summed E-state index contributed by atoms with van der Waals surface area (Å²) in [6.07, 6.45) is 2.90. The van der Waals surface area contributed by atoms with Gasteiger partial charge in [0.05, 0.1) is 0 Å². The maximum Gasteiger partial charge on any atom is 0.122 e. The van der Waals surface area contributed by atoms with Gasteiger partial charge in [0.2, 0.25) is 0 Å². The molecule has 0 aliphatic heterocycles. The molecule has 52 valence electrons. The molecule has 0 aliphatic rings. The van der Waals surface area contributed by atoms with E-state index >= 15 is 0 Å². The molecule has 1 nitrogen and oxygen atoms in total. The third-order valence-corrected chi connectivity index (χ3v) is 1.26. The molecule has 0 aromatic rings. The van der Waals surface area contributed by atoms with E-state index in [2.05, 4.69) is 6.58 Å². The Labute approximate surface area is 56.8 Å². The molecule has 0 amide bonds. The summed E-state index contributed by atoms with van der Waals surface area (Å²) in [4.78, 5) is 10.1. The molecule has 0 aromatic carbocycles. The number of carbonyl (C=O) groups excluding carboxylic acids is 1. The summed E-state index contributed by atoms with van der Waals surface area (Å²) in [7, 11) is 0. The average Bonchev–Trinajstić information content (AvgIpc) is 1.83. The molecule has 0 radical (unpaired) electrons. The van der Waals surface area contributed by atoms with Gasteiger partial charge in [-0.3, -0.25) is 0 Å². The maximum absolute atomic E-state index is 10.1. The van der Waals surface area contributed by atoms with Crippen LogP contribution in [0.4, 0.5) is 0 Å². The Morgan fingerprint density at radius 2 is 2.33 bits per heavy atom. The summed E-state index contributed by atoms with van der Waals surface area (Å²) in [6.45, 7) is 7.66. The molecule has 0 fully saturated rings. The Bertz CT molecular complexity index is 105. The van der Waals surface area contributed by atoms with E-state index in [9.17, 15) is 4.79 Å². The van der Waals surface area contributed by atoms with Crippen LogP contribution in [0.2, 0.25) is 0 Å². The van der Waals surface area contributed by atoms with E-state index in [0.29, 0.717) is 0 Å². The molecule has 1 unspecified atom stereocenters. The highest BCUT2D eigenvalue weighted by Gasteiger charge is 1.97. The van der Waals surface area contributed by atoms with Gasteiger partial charge in [-0.15, -0.1) is 6.58 Å². The molecule has 0 spiro atoms. The number of hydrogen-bond donors (Lipinski definition) is 0. The van der Waals surface area contributed by atoms with Crippen molar-refractivity contribution in [2.24, 2.45) is 5.92 Å². The van der Waals surface area contributed by atoms with Crippen molar-refractivity contribution in [1.82, 2.24) is 0 Å². The predicted molar refractivity (Wildman–Crippen MR) is 39.3 cm³/mol. The quantitative estimate of drug-likeness (QED) is 0.417. The van der Waals surface area contributed by atoms with Crippen molar-refractivity contribution in [3.8, 4) is 0 Å². The maximum atomic E-state index is 10.1. The van der Waals surface area contributed by atoms with Crippen molar-refractivity contribution < 1.29 is 4.79 Å². The van der Waals surface area contributed by atoms with E-state index in [1.165, 1.54) is 0 Å². The van der Waals surface area contributed by atoms with E-state index in [-0.39, 0.29) is 5.92 Å². The molecule has 9 heavy (non-hydrogen) atoms. The minimum absolute atomic E-state index is 0.196. The van der Waals surface area contributed by atoms with Crippen LogP contribution in [0.5, 0.6) is 0 Å². The number of allylic oxidation sites excluding steroid dienone is 1. The highest BCUT2D eigenvalue weighted by atomic mass is 16.1. The van der Waals surface area contributed by atoms with Crippen LogP contribution in [0.15, 0.2) is 12.2 Å². The van der Waals surface area contributed by atoms with Gasteiger partial charge in [0.1, 0.15) is 6.29 Å². The van der Waals surface area contributed by atoms with Gasteiger partial charge >= 0.3 is 0 Å². The number of aldehydes is 1. The smallest absolute Gasteiger partial charge is 0.122 e. The van der Waals surface area contributed by atoms with E-state index in [1.54, 1.807) is 0 Å². The standard InChI is InChI=1S/C8H14O/c1-7(2)4-5-8(3)6-9/h6,8H,1,4-5H2,2-3H3. The Morgan fingerprint density at radius 1 is 1.78 bits per heavy atom. The first kappa shape index (κ1) is 8.41. The molecule has 0 N–H and O–H groups in total. The summed E-state index contributed by atoms with van der Waals surface area (Å²) >= 11 is 0. The van der Waals surface area contributed by atoms with E-state index < -0.39 is 0 Å². The summed E-state index contributed by atoms with van der Waals surface area (Å²) in [6, 6.07) is 0. The zero-order valence-electron chi connectivity index (χ0n) is 6.18. The summed E-state index contributed by atoms with van der Waals surface area (Å²) < 4.78 is 0. The fourth-order valence-corrected chi connectivity index (χ4v) is 0.542. The lowest BCUT2D eigenvalue weighted by Gasteiger charge is -2.00. The molecule has 0 rings (SSSR count). The van der Waals surface area contributed by atoms with Crippen LogP contribution in [0.3, 0.4) is 0 Å². The van der Waals surface area contributed by atoms with Crippen LogP contribution >= 0.6 is 0 Å². The first-order chi connectivity index (χ1) is 4.16. The second-order valence-electron chi connectivity index (χ2n) is 2.61. The molecule has 0 aliphatic carbocycles. The monoisotopic (exact) mass is 126 g/mol. The largest absolute Gasteiger partial charge is 0.303 e. The first-order valence-electron chi connectivity index (χ1n) is 3.26. The first-order valence-corrected chi connectivity index (χ1v) is 3.26. The minimum atomic E-state index is 0.196. The SMILES string of the molecule is C=C(C)CCC(C)C=O. The van der Waals surface area contributed by atoms with Crippen LogP contribution in [0.1, 0.15) is 26.7 Å². The van der Waals surface area contributed by atoms with Crippen LogP contribution in [-0.4, -0.2) is 6.29 Å². The Hall–Kier alpha value is -0.590. The molecular weight excluding hydrogens is 112 g/mol. The van der Waals surface area contributed by atoms with Gasteiger partial charge in [-0.05, 0) is 19.8 Å². The van der Waals surface area contributed by atoms with Crippen molar-refractivity contribution in [3.05, 3.63) is 12.2 Å². The van der Waals surface area contributed by atoms with Crippen molar-refractivity contribution in [2.45, 2.75) is 26.7 Å². The van der Waals surface area contributed by atoms with Crippen LogP contribution in [-0.2, 0) is 4.79 Å². The lowest BCUT2D eigenvalue weighted by Crippen LogP contribution is -1.94. The van der Waals surface area contributed by atoms with Gasteiger partial charge in [0.15, 0.2) is 0 Å². The molecule has 1 heteroatoms. The van der Waals surface area contributed by atoms with Gasteiger partial charge in [-0.1, -0.05) is 12.5 Å². The zero-order chi connectivity index (χ0) is 7.28. The fourth-order valence-electron chi connectivity index (χ4n) is 0.542. The van der Waals surface area contributed by atoms with E-state index in [0.717, 1.165) is 24.7 Å². The Balaban J connectivity index is 3.26. The molecule has 1 atom stereocenters. The van der Waals surface area contributed by atoms with Gasteiger partial charge in [-0.2, -0.15) is 0 Å². The highest BCUT2D eigenvalue weighted by Crippen LogP contribution is 2.06. The van der Waals surface area contributed by atoms with Crippen LogP contribution < -0.4 is 0 Å². The lowest BCUT2D eigenvalue weighted by molar-refractivity contribution is -0.110. The fraction of sp³-hybridized carbons (Fsp3) is 0.625. The van der Waals surface area contributed by atoms with Gasteiger partial charge < -0.3 is 4.79 Å². The third kappa shape index (κ3) is 5.28. The summed E-state index contributed by atoms with van der Waals surface area (Å²) in [5.74, 6) is 0.196. The normalized spacial score (nSPS) is 12.7. The molecule has 0 aromatic heterocycles. The van der Waals surface area contributed by atoms with Gasteiger partial charge in [0, 0.05) is 5.92 Å². The van der Waals surface area contributed by atoms with E-state index in [4.69, 9.17) is 0 Å². The molecular formula is C8H14O. The van der Waals surface area contributed by atoms with Gasteiger partial charge in [-0.25, -0.2) is 0 Å². The predicted octanol–water partition coefficient (Wildman–Crippen LogP) is 2.18. The number of rotatable bonds is 4. The third-order valence-electron chi connectivity index (χ3n) is 1.26. The van der Waals surface area contributed by atoms with Crippen molar-refractivity contribution >= 4 is 6.29 Å². The van der Waals surface area contributed by atoms with Crippen LogP contribution in [0.25, 0.3) is 0 Å². The van der Waals surface area contributed by atoms with E-state index in [1.807, 2.05) is 13.8 Å². The van der Waals surface area contributed by atoms with Gasteiger partial charge in [0.25, 0.3) is 0 Å². The number of hydrogen-bond acceptors (Lipinski definition) is 1. The second-order valence-corrected chi connectivity index (χ2v) is 2.61. The Kier molecular flexibility index (Phi) is 4.02. The van der Waals surface area contributed by atoms with Crippen molar-refractivity contribution in [3.63, 3.8) is 0 Å². The zero-order valence-corrected chi connectivity index (χ0v) is 6.18. The average molecular weight is 126 g/mol. The van der Waals surface area contributed by atoms with Crippen molar-refractivity contribution in [1.29, 1.82) is 0 Å². The summed E-state index contributed by atoms with van der Waals surface area (Å²) in [5, 5.41) is 0. The Morgan fingerprint density at radius 3 is 2.67 bits per heavy atom. The molecule has 0 saturated heterocycles. The molecule has 0 saturated carbocycles. The summed E-state index contributed by atoms with van der Waals surface area (Å²) in [5.41, 5.74) is 1.16. The lowest BCUT2D eigenvalue weighted by atomic mass is 10.0. The molecule has 0 heterocycles. The molecule has 0 bridgehead atoms. The minimum Gasteiger partial charge on any atom is -0.303 e. The van der Waals surface area contributed by atoms with Crippen molar-refractivity contribution in [2.75, 3.05) is 0 Å². The van der Waals surface area contributed by atoms with Crippen LogP contribution in [0, 0.1) is 5.92 Å². The highest BCUT2D eigenvalue weighted by molar-refractivity contribution is 5.52.